The number of rotatable bonds is 3. The number of hydrogen-bond acceptors (Lipinski definition) is 5. The van der Waals surface area contributed by atoms with E-state index in [1.807, 2.05) is 12.1 Å². The molecule has 1 aromatic carbocycles. The minimum atomic E-state index is -0.379. The van der Waals surface area contributed by atoms with E-state index in [4.69, 9.17) is 0 Å². The van der Waals surface area contributed by atoms with E-state index in [2.05, 4.69) is 32.4 Å². The van der Waals surface area contributed by atoms with Gasteiger partial charge in [-0.25, -0.2) is 9.78 Å². The van der Waals surface area contributed by atoms with Crippen molar-refractivity contribution in [2.75, 3.05) is 5.32 Å². The first kappa shape index (κ1) is 16.2. The first-order valence-electron chi connectivity index (χ1n) is 9.56. The molecule has 0 saturated heterocycles. The molecule has 27 heavy (non-hydrogen) atoms. The lowest BCUT2D eigenvalue weighted by atomic mass is 10.1. The average Bonchev–Trinajstić information content (AvgIpc) is 3.32. The number of benzene rings is 1. The number of nitrogens with one attached hydrogen (secondary N) is 2. The van der Waals surface area contributed by atoms with Gasteiger partial charge in [0, 0.05) is 12.2 Å². The molecule has 0 spiro atoms. The van der Waals surface area contributed by atoms with Crippen molar-refractivity contribution in [3.63, 3.8) is 0 Å². The molecule has 0 radical (unpaired) electrons. The second-order valence-electron chi connectivity index (χ2n) is 7.43. The minimum Gasteiger partial charge on any atom is -0.347 e. The normalized spacial score (nSPS) is 19.5. The predicted molar refractivity (Wildman–Crippen MR) is 103 cm³/mol. The molecule has 1 atom stereocenters. The molecule has 2 N–H and O–H groups in total. The van der Waals surface area contributed by atoms with Crippen LogP contribution in [0.1, 0.15) is 55.3 Å². The summed E-state index contributed by atoms with van der Waals surface area (Å²) in [5, 5.41) is 3.70. The Morgan fingerprint density at radius 1 is 1.11 bits per heavy atom. The third kappa shape index (κ3) is 2.74. The molecule has 2 aromatic heterocycles. The van der Waals surface area contributed by atoms with Crippen molar-refractivity contribution in [2.45, 2.75) is 50.6 Å². The summed E-state index contributed by atoms with van der Waals surface area (Å²) >= 11 is 0. The third-order valence-corrected chi connectivity index (χ3v) is 5.81. The lowest BCUT2D eigenvalue weighted by Gasteiger charge is -2.15. The monoisotopic (exact) mass is 363 g/mol. The molecule has 2 heterocycles. The molecule has 138 valence electrons. The summed E-state index contributed by atoms with van der Waals surface area (Å²) in [5.74, 6) is 0.429. The minimum absolute atomic E-state index is 0.0153. The van der Waals surface area contributed by atoms with Crippen molar-refractivity contribution in [1.29, 1.82) is 0 Å². The molecule has 1 fully saturated rings. The van der Waals surface area contributed by atoms with Crippen LogP contribution in [0.25, 0.3) is 11.0 Å². The summed E-state index contributed by atoms with van der Waals surface area (Å²) in [5.41, 5.74) is 2.21. The summed E-state index contributed by atoms with van der Waals surface area (Å²) in [6.07, 6.45) is 7.36. The van der Waals surface area contributed by atoms with Crippen molar-refractivity contribution in [1.82, 2.24) is 19.5 Å². The smallest absolute Gasteiger partial charge is 0.330 e. The van der Waals surface area contributed by atoms with Crippen LogP contribution < -0.4 is 16.6 Å². The van der Waals surface area contributed by atoms with E-state index in [9.17, 15) is 9.59 Å². The van der Waals surface area contributed by atoms with E-state index < -0.39 is 0 Å². The zero-order valence-electron chi connectivity index (χ0n) is 14.9. The Hall–Kier alpha value is -2.96. The highest BCUT2D eigenvalue weighted by Gasteiger charge is 2.24. The van der Waals surface area contributed by atoms with Crippen LogP contribution in [0.15, 0.2) is 40.1 Å². The van der Waals surface area contributed by atoms with Gasteiger partial charge in [-0.15, -0.1) is 0 Å². The fraction of sp³-hybridized carbons (Fsp3) is 0.400. The molecule has 0 bridgehead atoms. The maximum absolute atomic E-state index is 12.8. The molecular weight excluding hydrogens is 342 g/mol. The zero-order chi connectivity index (χ0) is 18.4. The van der Waals surface area contributed by atoms with Crippen LogP contribution >= 0.6 is 0 Å². The Kier molecular flexibility index (Phi) is 3.81. The summed E-state index contributed by atoms with van der Waals surface area (Å²) in [6.45, 7) is 0. The number of nitrogens with zero attached hydrogens (tertiary/aromatic N) is 3. The Bertz CT molecular complexity index is 1130. The maximum Gasteiger partial charge on any atom is 0.330 e. The van der Waals surface area contributed by atoms with Crippen molar-refractivity contribution in [2.24, 2.45) is 0 Å². The quantitative estimate of drug-likeness (QED) is 0.746. The van der Waals surface area contributed by atoms with E-state index in [1.165, 1.54) is 21.9 Å². The highest BCUT2D eigenvalue weighted by atomic mass is 16.2. The van der Waals surface area contributed by atoms with Gasteiger partial charge < -0.3 is 5.32 Å². The number of fused-ring (bicyclic) bond motifs is 2. The van der Waals surface area contributed by atoms with E-state index >= 15 is 0 Å². The lowest BCUT2D eigenvalue weighted by molar-refractivity contribution is 0.483. The fourth-order valence-electron chi connectivity index (χ4n) is 4.44. The summed E-state index contributed by atoms with van der Waals surface area (Å²) in [4.78, 5) is 36.8. The molecule has 0 unspecified atom stereocenters. The molecule has 3 aromatic rings. The van der Waals surface area contributed by atoms with Gasteiger partial charge >= 0.3 is 5.69 Å². The molecule has 0 amide bonds. The van der Waals surface area contributed by atoms with E-state index in [1.54, 1.807) is 0 Å². The van der Waals surface area contributed by atoms with Crippen LogP contribution in [0.5, 0.6) is 0 Å². The Morgan fingerprint density at radius 3 is 2.78 bits per heavy atom. The van der Waals surface area contributed by atoms with Gasteiger partial charge in [-0.1, -0.05) is 37.1 Å². The van der Waals surface area contributed by atoms with Crippen LogP contribution in [0.3, 0.4) is 0 Å². The summed E-state index contributed by atoms with van der Waals surface area (Å²) in [6, 6.07) is 8.46. The Labute approximate surface area is 155 Å². The molecule has 7 heteroatoms. The number of anilines is 1. The largest absolute Gasteiger partial charge is 0.347 e. The number of H-pyrrole nitrogens is 1. The average molecular weight is 363 g/mol. The molecule has 2 aliphatic rings. The molecule has 1 saturated carbocycles. The molecule has 7 nitrogen and oxygen atoms in total. The van der Waals surface area contributed by atoms with Crippen LogP contribution in [-0.4, -0.2) is 19.5 Å². The fourth-order valence-corrected chi connectivity index (χ4v) is 4.44. The second kappa shape index (κ2) is 6.33. The first-order valence-corrected chi connectivity index (χ1v) is 9.56. The SMILES string of the molecule is O=c1[nH]c2nc(N[C@H]3CCc4ccccc43)ncc2c(=O)n1C1CCCC1. The van der Waals surface area contributed by atoms with Crippen molar-refractivity contribution in [3.05, 3.63) is 62.4 Å². The van der Waals surface area contributed by atoms with Gasteiger partial charge in [0.1, 0.15) is 5.39 Å². The van der Waals surface area contributed by atoms with Crippen LogP contribution in [0.2, 0.25) is 0 Å². The second-order valence-corrected chi connectivity index (χ2v) is 7.43. The van der Waals surface area contributed by atoms with E-state index in [0.717, 1.165) is 38.5 Å². The van der Waals surface area contributed by atoms with Crippen molar-refractivity contribution >= 4 is 17.0 Å². The summed E-state index contributed by atoms with van der Waals surface area (Å²) < 4.78 is 1.35. The van der Waals surface area contributed by atoms with E-state index in [-0.39, 0.29) is 23.3 Å². The van der Waals surface area contributed by atoms with Crippen LogP contribution in [0.4, 0.5) is 5.95 Å². The number of aromatic amines is 1. The molecule has 2 aliphatic carbocycles. The number of aromatic nitrogens is 4. The Morgan fingerprint density at radius 2 is 1.93 bits per heavy atom. The highest BCUT2D eigenvalue weighted by molar-refractivity contribution is 5.73. The van der Waals surface area contributed by atoms with Gasteiger partial charge in [0.25, 0.3) is 5.56 Å². The topological polar surface area (TPSA) is 92.7 Å². The van der Waals surface area contributed by atoms with E-state index in [0.29, 0.717) is 17.0 Å². The third-order valence-electron chi connectivity index (χ3n) is 5.81. The maximum atomic E-state index is 12.8. The van der Waals surface area contributed by atoms with Gasteiger partial charge in [0.15, 0.2) is 5.65 Å². The molecule has 0 aliphatic heterocycles. The number of hydrogen-bond donors (Lipinski definition) is 2. The van der Waals surface area contributed by atoms with Gasteiger partial charge in [0.05, 0.1) is 6.04 Å². The van der Waals surface area contributed by atoms with Gasteiger partial charge in [-0.2, -0.15) is 4.98 Å². The van der Waals surface area contributed by atoms with Gasteiger partial charge in [-0.05, 0) is 36.8 Å². The molecular formula is C20H21N5O2. The molecule has 5 rings (SSSR count). The van der Waals surface area contributed by atoms with Gasteiger partial charge in [-0.3, -0.25) is 14.3 Å². The van der Waals surface area contributed by atoms with Gasteiger partial charge in [0.2, 0.25) is 5.95 Å². The summed E-state index contributed by atoms with van der Waals surface area (Å²) in [7, 11) is 0. The predicted octanol–water partition coefficient (Wildman–Crippen LogP) is 2.69. The van der Waals surface area contributed by atoms with Crippen LogP contribution in [-0.2, 0) is 6.42 Å². The number of aryl methyl sites for hydroxylation is 1. The van der Waals surface area contributed by atoms with Crippen LogP contribution in [0, 0.1) is 0 Å². The van der Waals surface area contributed by atoms with Crippen molar-refractivity contribution in [3.8, 4) is 0 Å². The lowest BCUT2D eigenvalue weighted by Crippen LogP contribution is -2.37. The first-order chi connectivity index (χ1) is 13.2. The zero-order valence-corrected chi connectivity index (χ0v) is 14.9. The highest BCUT2D eigenvalue weighted by Crippen LogP contribution is 2.33. The van der Waals surface area contributed by atoms with Crippen molar-refractivity contribution < 1.29 is 0 Å². The standard InChI is InChI=1S/C20H21N5O2/c26-18-15-11-21-19(22-16-10-9-12-5-1-4-8-14(12)16)23-17(15)24-20(27)25(18)13-6-2-3-7-13/h1,4-5,8,11,13,16H,2-3,6-7,9-10H2,(H2,21,22,23,24,27)/t16-/m0/s1. The Balaban J connectivity index is 1.50.